The van der Waals surface area contributed by atoms with E-state index in [2.05, 4.69) is 29.4 Å². The molecule has 0 heterocycles. The number of hydrogen-bond acceptors (Lipinski definition) is 4. The van der Waals surface area contributed by atoms with E-state index in [1.165, 1.54) is 31.4 Å². The van der Waals surface area contributed by atoms with Gasteiger partial charge in [-0.15, -0.1) is 0 Å². The van der Waals surface area contributed by atoms with Gasteiger partial charge in [0.2, 0.25) is 0 Å². The predicted molar refractivity (Wildman–Crippen MR) is 139 cm³/mol. The summed E-state index contributed by atoms with van der Waals surface area (Å²) in [5.74, 6) is 0.0536. The van der Waals surface area contributed by atoms with Gasteiger partial charge in [0.05, 0.1) is 17.1 Å². The number of carbonyl (C=O) groups excluding carboxylic acids is 1. The minimum absolute atomic E-state index is 0.0207. The van der Waals surface area contributed by atoms with Crippen molar-refractivity contribution in [3.63, 3.8) is 0 Å². The molecule has 1 aliphatic carbocycles. The Hall–Kier alpha value is -2.45. The van der Waals surface area contributed by atoms with E-state index in [0.717, 1.165) is 48.5 Å². The lowest BCUT2D eigenvalue weighted by atomic mass is 9.93. The molecule has 2 aromatic rings. The van der Waals surface area contributed by atoms with Crippen LogP contribution >= 0.6 is 23.4 Å². The molecule has 34 heavy (non-hydrogen) atoms. The number of benzene rings is 2. The normalized spacial score (nSPS) is 14.1. The molecule has 1 saturated carbocycles. The van der Waals surface area contributed by atoms with Crippen LogP contribution in [-0.2, 0) is 5.75 Å². The molecule has 1 aliphatic rings. The second-order valence-corrected chi connectivity index (χ2v) is 10.3. The second-order valence-electron chi connectivity index (χ2n) is 8.95. The summed E-state index contributed by atoms with van der Waals surface area (Å²) in [7, 11) is 0. The molecule has 2 amide bonds. The van der Waals surface area contributed by atoms with Crippen molar-refractivity contribution in [3.8, 4) is 0 Å². The highest BCUT2D eigenvalue weighted by atomic mass is 35.5. The maximum atomic E-state index is 14.2. The quantitative estimate of drug-likeness (QED) is 0.339. The zero-order valence-electron chi connectivity index (χ0n) is 19.4. The van der Waals surface area contributed by atoms with Gasteiger partial charge in [-0.25, -0.2) is 14.0 Å². The van der Waals surface area contributed by atoms with Gasteiger partial charge >= 0.3 is 11.3 Å². The molecule has 184 valence electrons. The zero-order chi connectivity index (χ0) is 24.7. The second kappa shape index (κ2) is 12.3. The fourth-order valence-corrected chi connectivity index (χ4v) is 4.89. The van der Waals surface area contributed by atoms with Gasteiger partial charge in [0.1, 0.15) is 5.82 Å². The van der Waals surface area contributed by atoms with Gasteiger partial charge in [-0.05, 0) is 66.4 Å². The van der Waals surface area contributed by atoms with E-state index in [4.69, 9.17) is 16.7 Å². The van der Waals surface area contributed by atoms with Crippen molar-refractivity contribution in [2.45, 2.75) is 57.7 Å². The summed E-state index contributed by atoms with van der Waals surface area (Å²) in [5, 5.41) is 13.7. The van der Waals surface area contributed by atoms with Gasteiger partial charge in [-0.2, -0.15) is 0 Å². The Morgan fingerprint density at radius 2 is 1.82 bits per heavy atom. The lowest BCUT2D eigenvalue weighted by Gasteiger charge is -2.38. The van der Waals surface area contributed by atoms with Gasteiger partial charge in [-0.1, -0.05) is 50.8 Å². The van der Waals surface area contributed by atoms with Crippen LogP contribution in [0.1, 0.15) is 51.5 Å². The van der Waals surface area contributed by atoms with Crippen molar-refractivity contribution in [2.75, 3.05) is 22.1 Å². The molecule has 0 unspecified atom stereocenters. The van der Waals surface area contributed by atoms with Crippen LogP contribution in [0.3, 0.4) is 0 Å². The molecule has 0 radical (unpaired) electrons. The first kappa shape index (κ1) is 26.2. The number of hydrogen-bond donors (Lipinski definition) is 3. The third-order valence-electron chi connectivity index (χ3n) is 5.74. The topological polar surface area (TPSA) is 81.7 Å². The Morgan fingerprint density at radius 1 is 1.12 bits per heavy atom. The molecule has 0 atom stereocenters. The number of amides is 2. The van der Waals surface area contributed by atoms with Crippen LogP contribution in [0.25, 0.3) is 0 Å². The fourth-order valence-electron chi connectivity index (χ4n) is 4.27. The SMILES string of the molecule is CC(C)CN(c1ccc(CSC(=O)O)cc1NC(=O)Nc1ccc(Cl)cc1F)C1CCCCC1. The molecule has 1 fully saturated rings. The first-order valence-corrected chi connectivity index (χ1v) is 12.9. The summed E-state index contributed by atoms with van der Waals surface area (Å²) in [4.78, 5) is 26.2. The maximum absolute atomic E-state index is 14.2. The van der Waals surface area contributed by atoms with Crippen LogP contribution in [0, 0.1) is 11.7 Å². The summed E-state index contributed by atoms with van der Waals surface area (Å²) in [6.45, 7) is 5.16. The average Bonchev–Trinajstić information content (AvgIpc) is 2.79. The third kappa shape index (κ3) is 7.53. The summed E-state index contributed by atoms with van der Waals surface area (Å²) in [5.41, 5.74) is 2.25. The molecular formula is C25H31ClFN3O3S. The van der Waals surface area contributed by atoms with Crippen molar-refractivity contribution in [1.29, 1.82) is 0 Å². The Labute approximate surface area is 209 Å². The zero-order valence-corrected chi connectivity index (χ0v) is 21.0. The van der Waals surface area contributed by atoms with Crippen LogP contribution in [0.5, 0.6) is 0 Å². The number of urea groups is 1. The first-order chi connectivity index (χ1) is 16.2. The lowest BCUT2D eigenvalue weighted by molar-refractivity contribution is 0.222. The van der Waals surface area contributed by atoms with E-state index >= 15 is 0 Å². The predicted octanol–water partition coefficient (Wildman–Crippen LogP) is 7.83. The lowest BCUT2D eigenvalue weighted by Crippen LogP contribution is -2.40. The number of nitrogens with one attached hydrogen (secondary N) is 2. The molecule has 0 bridgehead atoms. The van der Waals surface area contributed by atoms with E-state index in [0.29, 0.717) is 17.6 Å². The summed E-state index contributed by atoms with van der Waals surface area (Å²) >= 11 is 6.59. The van der Waals surface area contributed by atoms with Crippen molar-refractivity contribution < 1.29 is 19.1 Å². The largest absolute Gasteiger partial charge is 0.473 e. The minimum atomic E-state index is -0.960. The molecule has 0 saturated heterocycles. The molecular weight excluding hydrogens is 477 g/mol. The fraction of sp³-hybridized carbons (Fsp3) is 0.440. The Morgan fingerprint density at radius 3 is 2.47 bits per heavy atom. The number of rotatable bonds is 8. The van der Waals surface area contributed by atoms with E-state index in [1.807, 2.05) is 12.1 Å². The van der Waals surface area contributed by atoms with Crippen molar-refractivity contribution in [1.82, 2.24) is 0 Å². The first-order valence-electron chi connectivity index (χ1n) is 11.5. The number of nitrogens with zero attached hydrogens (tertiary/aromatic N) is 1. The van der Waals surface area contributed by atoms with Gasteiger partial charge < -0.3 is 20.6 Å². The molecule has 0 spiro atoms. The van der Waals surface area contributed by atoms with Gasteiger partial charge in [0.25, 0.3) is 0 Å². The molecule has 2 aromatic carbocycles. The Balaban J connectivity index is 1.90. The number of carbonyl (C=O) groups is 2. The highest BCUT2D eigenvalue weighted by molar-refractivity contribution is 8.12. The number of anilines is 3. The van der Waals surface area contributed by atoms with Crippen LogP contribution in [-0.4, -0.2) is 29.0 Å². The van der Waals surface area contributed by atoms with E-state index in [9.17, 15) is 14.0 Å². The summed E-state index contributed by atoms with van der Waals surface area (Å²) < 4.78 is 14.2. The average molecular weight is 508 g/mol. The smallest absolute Gasteiger partial charge is 0.365 e. The van der Waals surface area contributed by atoms with Gasteiger partial charge in [0.15, 0.2) is 0 Å². The van der Waals surface area contributed by atoms with Crippen LogP contribution in [0.4, 0.5) is 31.0 Å². The maximum Gasteiger partial charge on any atom is 0.365 e. The highest BCUT2D eigenvalue weighted by Crippen LogP contribution is 2.35. The number of carboxylic acid groups (broad SMARTS) is 1. The Kier molecular flexibility index (Phi) is 9.47. The molecule has 9 heteroatoms. The Bertz CT molecular complexity index is 1010. The van der Waals surface area contributed by atoms with Crippen molar-refractivity contribution in [2.24, 2.45) is 5.92 Å². The van der Waals surface area contributed by atoms with Gasteiger partial charge in [-0.3, -0.25) is 0 Å². The highest BCUT2D eigenvalue weighted by Gasteiger charge is 2.25. The molecule has 6 nitrogen and oxygen atoms in total. The molecule has 0 aromatic heterocycles. The van der Waals surface area contributed by atoms with E-state index in [1.54, 1.807) is 6.07 Å². The number of halogens is 2. The van der Waals surface area contributed by atoms with Gasteiger partial charge in [0, 0.05) is 23.4 Å². The standard InChI is InChI=1S/C25H31ClFN3O3S/c1-16(2)14-30(19-6-4-3-5-7-19)23-11-8-17(15-34-25(32)33)12-22(23)29-24(31)28-21-10-9-18(26)13-20(21)27/h8-13,16,19H,3-7,14-15H2,1-2H3,(H,32,33)(H2,28,29,31). The van der Waals surface area contributed by atoms with Crippen LogP contribution in [0.2, 0.25) is 5.02 Å². The van der Waals surface area contributed by atoms with Crippen LogP contribution in [0.15, 0.2) is 36.4 Å². The minimum Gasteiger partial charge on any atom is -0.473 e. The van der Waals surface area contributed by atoms with Crippen LogP contribution < -0.4 is 15.5 Å². The molecule has 3 N–H and O–H groups in total. The third-order valence-corrected chi connectivity index (χ3v) is 6.70. The summed E-state index contributed by atoms with van der Waals surface area (Å²) in [6.07, 6.45) is 5.75. The van der Waals surface area contributed by atoms with E-state index < -0.39 is 17.1 Å². The van der Waals surface area contributed by atoms with Crippen molar-refractivity contribution in [3.05, 3.63) is 52.8 Å². The summed E-state index contributed by atoms with van der Waals surface area (Å²) in [6, 6.07) is 9.50. The number of thioether (sulfide) groups is 1. The monoisotopic (exact) mass is 507 g/mol. The molecule has 3 rings (SSSR count). The van der Waals surface area contributed by atoms with E-state index in [-0.39, 0.29) is 16.5 Å². The molecule has 0 aliphatic heterocycles. The van der Waals surface area contributed by atoms with Crippen molar-refractivity contribution >= 4 is 51.8 Å².